The highest BCUT2D eigenvalue weighted by atomic mass is 35.5. The summed E-state index contributed by atoms with van der Waals surface area (Å²) in [6, 6.07) is 7.22. The number of aromatic nitrogens is 1. The van der Waals surface area contributed by atoms with Gasteiger partial charge in [0.05, 0.1) is 29.1 Å². The van der Waals surface area contributed by atoms with Crippen LogP contribution >= 0.6 is 11.6 Å². The molecule has 28 heavy (non-hydrogen) atoms. The highest BCUT2D eigenvalue weighted by Crippen LogP contribution is 2.30. The fourth-order valence-corrected chi connectivity index (χ4v) is 3.79. The van der Waals surface area contributed by atoms with Crippen LogP contribution in [0.4, 0.5) is 8.78 Å². The number of pyridine rings is 1. The summed E-state index contributed by atoms with van der Waals surface area (Å²) >= 11 is 6.17. The van der Waals surface area contributed by atoms with Crippen molar-refractivity contribution in [3.8, 4) is 0 Å². The Balaban J connectivity index is 1.51. The molecule has 146 valence electrons. The first-order chi connectivity index (χ1) is 13.5. The summed E-state index contributed by atoms with van der Waals surface area (Å²) < 4.78 is 32.4. The van der Waals surface area contributed by atoms with E-state index in [9.17, 15) is 8.78 Å². The van der Waals surface area contributed by atoms with Gasteiger partial charge in [-0.05, 0) is 29.8 Å². The highest BCUT2D eigenvalue weighted by molar-refractivity contribution is 6.32. The lowest BCUT2D eigenvalue weighted by molar-refractivity contribution is 0.0628. The number of aliphatic imine (C=N–C) groups is 1. The molecule has 1 saturated heterocycles. The summed E-state index contributed by atoms with van der Waals surface area (Å²) in [4.78, 5) is 10.5. The molecule has 0 saturated carbocycles. The summed E-state index contributed by atoms with van der Waals surface area (Å²) in [6.07, 6.45) is 3.33. The van der Waals surface area contributed by atoms with Crippen molar-refractivity contribution in [2.24, 2.45) is 16.6 Å². The molecule has 2 atom stereocenters. The lowest BCUT2D eigenvalue weighted by Crippen LogP contribution is -2.28. The van der Waals surface area contributed by atoms with Crippen LogP contribution in [-0.2, 0) is 11.3 Å². The van der Waals surface area contributed by atoms with Gasteiger partial charge in [-0.1, -0.05) is 17.7 Å². The molecule has 3 heterocycles. The number of hydrogen-bond acceptors (Lipinski definition) is 5. The standard InChI is InChI=1S/C20H19ClF2N4O/c21-16-5-14(22)2-3-15(16)20-17(24)11-28-18-10-27(9-13(18)7-26-20)8-12-1-4-19(23)25-6-12/h1-7,13,18H,8-11,24H2/b20-17-,26-7-/t13?,18-/m1/s1. The smallest absolute Gasteiger partial charge is 0.212 e. The Bertz CT molecular complexity index is 932. The van der Waals surface area contributed by atoms with Crippen molar-refractivity contribution in [1.29, 1.82) is 0 Å². The minimum absolute atomic E-state index is 0.0408. The van der Waals surface area contributed by atoms with E-state index in [2.05, 4.69) is 14.9 Å². The van der Waals surface area contributed by atoms with Gasteiger partial charge in [0.25, 0.3) is 0 Å². The Hall–Kier alpha value is -2.35. The Morgan fingerprint density at radius 1 is 1.21 bits per heavy atom. The Labute approximate surface area is 166 Å². The highest BCUT2D eigenvalue weighted by Gasteiger charge is 2.33. The molecule has 1 aromatic carbocycles. The third-order valence-electron chi connectivity index (χ3n) is 4.92. The first kappa shape index (κ1) is 19.0. The Morgan fingerprint density at radius 2 is 2.07 bits per heavy atom. The molecule has 0 radical (unpaired) electrons. The summed E-state index contributed by atoms with van der Waals surface area (Å²) in [5.74, 6) is -0.827. The van der Waals surface area contributed by atoms with Crippen molar-refractivity contribution in [1.82, 2.24) is 9.88 Å². The summed E-state index contributed by atoms with van der Waals surface area (Å²) in [5, 5.41) is 0.254. The van der Waals surface area contributed by atoms with Crippen LogP contribution < -0.4 is 5.73 Å². The van der Waals surface area contributed by atoms with Gasteiger partial charge in [0.2, 0.25) is 5.95 Å². The minimum atomic E-state index is -0.490. The normalized spacial score (nSPS) is 26.5. The van der Waals surface area contributed by atoms with Gasteiger partial charge in [0.1, 0.15) is 5.82 Å². The predicted molar refractivity (Wildman–Crippen MR) is 104 cm³/mol. The summed E-state index contributed by atoms with van der Waals surface area (Å²) in [6.45, 7) is 2.33. The molecule has 8 heteroatoms. The Kier molecular flexibility index (Phi) is 5.39. The molecular formula is C20H19ClF2N4O. The van der Waals surface area contributed by atoms with Crippen molar-refractivity contribution >= 4 is 23.5 Å². The quantitative estimate of drug-likeness (QED) is 0.798. The predicted octanol–water partition coefficient (Wildman–Crippen LogP) is 3.24. The number of fused-ring (bicyclic) bond motifs is 1. The maximum absolute atomic E-state index is 13.4. The lowest BCUT2D eigenvalue weighted by atomic mass is 10.1. The molecule has 2 N–H and O–H groups in total. The van der Waals surface area contributed by atoms with Crippen LogP contribution in [0.25, 0.3) is 5.70 Å². The van der Waals surface area contributed by atoms with Gasteiger partial charge in [-0.15, -0.1) is 0 Å². The van der Waals surface area contributed by atoms with Crippen molar-refractivity contribution in [3.05, 3.63) is 70.1 Å². The number of benzene rings is 1. The van der Waals surface area contributed by atoms with E-state index in [0.29, 0.717) is 30.0 Å². The second-order valence-electron chi connectivity index (χ2n) is 6.97. The zero-order valence-corrected chi connectivity index (χ0v) is 15.7. The van der Waals surface area contributed by atoms with Crippen LogP contribution in [0.2, 0.25) is 5.02 Å². The molecule has 0 bridgehead atoms. The average Bonchev–Trinajstić information content (AvgIpc) is 3.03. The molecule has 0 spiro atoms. The largest absolute Gasteiger partial charge is 0.398 e. The van der Waals surface area contributed by atoms with E-state index in [1.54, 1.807) is 18.3 Å². The Morgan fingerprint density at radius 3 is 2.82 bits per heavy atom. The van der Waals surface area contributed by atoms with Gasteiger partial charge >= 0.3 is 0 Å². The van der Waals surface area contributed by atoms with E-state index >= 15 is 0 Å². The number of ether oxygens (including phenoxy) is 1. The molecule has 0 aliphatic carbocycles. The molecular weight excluding hydrogens is 386 g/mol. The zero-order valence-electron chi connectivity index (χ0n) is 15.0. The topological polar surface area (TPSA) is 63.7 Å². The van der Waals surface area contributed by atoms with E-state index in [4.69, 9.17) is 22.1 Å². The molecule has 2 aliphatic heterocycles. The minimum Gasteiger partial charge on any atom is -0.398 e. The number of hydrogen-bond donors (Lipinski definition) is 1. The maximum atomic E-state index is 13.4. The van der Waals surface area contributed by atoms with Crippen molar-refractivity contribution in [2.75, 3.05) is 19.7 Å². The third-order valence-corrected chi connectivity index (χ3v) is 5.23. The number of rotatable bonds is 3. The number of nitrogens with two attached hydrogens (primary N) is 1. The van der Waals surface area contributed by atoms with Gasteiger partial charge in [-0.3, -0.25) is 9.89 Å². The van der Waals surface area contributed by atoms with Gasteiger partial charge in [-0.2, -0.15) is 4.39 Å². The summed E-state index contributed by atoms with van der Waals surface area (Å²) in [7, 11) is 0. The molecule has 1 unspecified atom stereocenters. The summed E-state index contributed by atoms with van der Waals surface area (Å²) in [5.41, 5.74) is 8.64. The fourth-order valence-electron chi connectivity index (χ4n) is 3.53. The number of likely N-dealkylation sites (tertiary alicyclic amines) is 1. The molecule has 1 fully saturated rings. The van der Waals surface area contributed by atoms with Crippen molar-refractivity contribution < 1.29 is 13.5 Å². The van der Waals surface area contributed by atoms with Gasteiger partial charge < -0.3 is 10.5 Å². The first-order valence-electron chi connectivity index (χ1n) is 8.92. The molecule has 2 aromatic rings. The molecule has 2 aliphatic rings. The SMILES string of the molecule is N/C1=C(c2ccc(F)cc2Cl)\N=C/C2CN(Cc3ccc(F)nc3)C[C@H]2OC1. The molecule has 4 rings (SSSR count). The first-order valence-corrected chi connectivity index (χ1v) is 9.30. The third kappa shape index (κ3) is 4.06. The van der Waals surface area contributed by atoms with Gasteiger partial charge in [0.15, 0.2) is 0 Å². The van der Waals surface area contributed by atoms with E-state index < -0.39 is 11.8 Å². The second kappa shape index (κ2) is 7.95. The van der Waals surface area contributed by atoms with E-state index in [1.165, 1.54) is 18.2 Å². The van der Waals surface area contributed by atoms with E-state index in [1.807, 2.05) is 6.21 Å². The van der Waals surface area contributed by atoms with Crippen LogP contribution in [-0.4, -0.2) is 41.9 Å². The van der Waals surface area contributed by atoms with Crippen LogP contribution in [0.15, 0.2) is 47.2 Å². The monoisotopic (exact) mass is 404 g/mol. The van der Waals surface area contributed by atoms with E-state index in [-0.39, 0.29) is 23.7 Å². The van der Waals surface area contributed by atoms with Gasteiger partial charge in [-0.25, -0.2) is 9.37 Å². The molecule has 1 aromatic heterocycles. The lowest BCUT2D eigenvalue weighted by Gasteiger charge is -2.20. The van der Waals surface area contributed by atoms with Crippen LogP contribution in [0, 0.1) is 17.7 Å². The van der Waals surface area contributed by atoms with Crippen LogP contribution in [0.3, 0.4) is 0 Å². The molecule has 5 nitrogen and oxygen atoms in total. The maximum Gasteiger partial charge on any atom is 0.212 e. The average molecular weight is 405 g/mol. The van der Waals surface area contributed by atoms with Crippen molar-refractivity contribution in [2.45, 2.75) is 12.6 Å². The van der Waals surface area contributed by atoms with Crippen LogP contribution in [0.1, 0.15) is 11.1 Å². The second-order valence-corrected chi connectivity index (χ2v) is 7.38. The number of nitrogens with zero attached hydrogens (tertiary/aromatic N) is 3. The fraction of sp³-hybridized carbons (Fsp3) is 0.300. The van der Waals surface area contributed by atoms with Gasteiger partial charge in [0, 0.05) is 43.5 Å². The van der Waals surface area contributed by atoms with E-state index in [0.717, 1.165) is 12.1 Å². The molecule has 0 amide bonds. The van der Waals surface area contributed by atoms with Crippen molar-refractivity contribution in [3.63, 3.8) is 0 Å². The zero-order chi connectivity index (χ0) is 19.7. The van der Waals surface area contributed by atoms with Crippen LogP contribution in [0.5, 0.6) is 0 Å². The number of halogens is 3.